The number of halogens is 1. The second kappa shape index (κ2) is 9.57. The Morgan fingerprint density at radius 1 is 1.03 bits per heavy atom. The molecule has 0 aliphatic carbocycles. The number of hydrogen-bond donors (Lipinski definition) is 2. The number of carbonyl (C=O) groups is 2. The number of nitrogens with zero attached hydrogens (tertiary/aromatic N) is 1. The van der Waals surface area contributed by atoms with Crippen molar-refractivity contribution in [1.29, 1.82) is 0 Å². The molecule has 0 radical (unpaired) electrons. The number of ether oxygens (including phenoxy) is 1. The maximum absolute atomic E-state index is 13.0. The largest absolute Gasteiger partial charge is 0.376 e. The SMILES string of the molecule is O=C(Nc1ccc(-n2cccc(C(=O)NC[C@H]3CCCO3)c2=O)cc1)c1ccc(F)cc1. The lowest BCUT2D eigenvalue weighted by Crippen LogP contribution is -2.36. The van der Waals surface area contributed by atoms with Gasteiger partial charge in [0.2, 0.25) is 0 Å². The van der Waals surface area contributed by atoms with Gasteiger partial charge in [0.25, 0.3) is 17.4 Å². The van der Waals surface area contributed by atoms with E-state index in [9.17, 15) is 18.8 Å². The van der Waals surface area contributed by atoms with Gasteiger partial charge < -0.3 is 15.4 Å². The standard InChI is InChI=1S/C24H22FN3O4/c25-17-7-5-16(6-8-17)22(29)27-18-9-11-19(12-10-18)28-13-1-4-21(24(28)31)23(30)26-15-20-3-2-14-32-20/h1,4-13,20H,2-3,14-15H2,(H,26,30)(H,27,29)/t20-/m1/s1. The summed E-state index contributed by atoms with van der Waals surface area (Å²) in [5.41, 5.74) is 0.984. The molecule has 2 N–H and O–H groups in total. The molecule has 0 spiro atoms. The molecule has 4 rings (SSSR count). The molecule has 2 heterocycles. The topological polar surface area (TPSA) is 89.4 Å². The molecule has 0 unspecified atom stereocenters. The summed E-state index contributed by atoms with van der Waals surface area (Å²) < 4.78 is 19.9. The number of pyridine rings is 1. The van der Waals surface area contributed by atoms with E-state index in [4.69, 9.17) is 4.74 Å². The molecule has 1 aromatic heterocycles. The zero-order valence-corrected chi connectivity index (χ0v) is 17.2. The van der Waals surface area contributed by atoms with Crippen LogP contribution in [-0.4, -0.2) is 35.6 Å². The van der Waals surface area contributed by atoms with Gasteiger partial charge in [0, 0.05) is 36.3 Å². The number of anilines is 1. The number of hydrogen-bond acceptors (Lipinski definition) is 4. The summed E-state index contributed by atoms with van der Waals surface area (Å²) >= 11 is 0. The summed E-state index contributed by atoms with van der Waals surface area (Å²) in [7, 11) is 0. The lowest BCUT2D eigenvalue weighted by Gasteiger charge is -2.12. The van der Waals surface area contributed by atoms with Gasteiger partial charge in [0.1, 0.15) is 11.4 Å². The van der Waals surface area contributed by atoms with Crippen LogP contribution in [-0.2, 0) is 4.74 Å². The van der Waals surface area contributed by atoms with Crippen molar-refractivity contribution in [3.05, 3.63) is 94.2 Å². The van der Waals surface area contributed by atoms with Crippen molar-refractivity contribution in [2.75, 3.05) is 18.5 Å². The number of aromatic nitrogens is 1. The molecule has 32 heavy (non-hydrogen) atoms. The van der Waals surface area contributed by atoms with Gasteiger partial charge in [-0.3, -0.25) is 19.0 Å². The molecule has 1 fully saturated rings. The van der Waals surface area contributed by atoms with Crippen molar-refractivity contribution in [3.63, 3.8) is 0 Å². The minimum atomic E-state index is -0.444. The normalized spacial score (nSPS) is 15.3. The van der Waals surface area contributed by atoms with Crippen molar-refractivity contribution in [1.82, 2.24) is 9.88 Å². The highest BCUT2D eigenvalue weighted by Crippen LogP contribution is 2.14. The first-order valence-corrected chi connectivity index (χ1v) is 10.3. The minimum absolute atomic E-state index is 0.0115. The molecule has 1 saturated heterocycles. The van der Waals surface area contributed by atoms with Crippen molar-refractivity contribution in [2.45, 2.75) is 18.9 Å². The third kappa shape index (κ3) is 4.92. The van der Waals surface area contributed by atoms with Crippen LogP contribution in [0.5, 0.6) is 0 Å². The highest BCUT2D eigenvalue weighted by Gasteiger charge is 2.18. The molecular formula is C24H22FN3O4. The maximum Gasteiger partial charge on any atom is 0.267 e. The van der Waals surface area contributed by atoms with Crippen molar-refractivity contribution in [3.8, 4) is 5.69 Å². The van der Waals surface area contributed by atoms with E-state index in [1.807, 2.05) is 0 Å². The first kappa shape index (κ1) is 21.5. The number of amides is 2. The third-order valence-corrected chi connectivity index (χ3v) is 5.22. The molecule has 164 valence electrons. The van der Waals surface area contributed by atoms with E-state index in [2.05, 4.69) is 10.6 Å². The summed E-state index contributed by atoms with van der Waals surface area (Å²) in [5, 5.41) is 5.48. The van der Waals surface area contributed by atoms with Crippen LogP contribution in [0.25, 0.3) is 5.69 Å². The molecule has 1 atom stereocenters. The Kier molecular flexibility index (Phi) is 6.42. The van der Waals surface area contributed by atoms with E-state index < -0.39 is 17.3 Å². The molecular weight excluding hydrogens is 413 g/mol. The highest BCUT2D eigenvalue weighted by atomic mass is 19.1. The summed E-state index contributed by atoms with van der Waals surface area (Å²) in [4.78, 5) is 37.6. The Hall–Kier alpha value is -3.78. The van der Waals surface area contributed by atoms with Crippen LogP contribution in [0, 0.1) is 5.82 Å². The number of carbonyl (C=O) groups excluding carboxylic acids is 2. The highest BCUT2D eigenvalue weighted by molar-refractivity contribution is 6.04. The van der Waals surface area contributed by atoms with Gasteiger partial charge in [-0.1, -0.05) is 0 Å². The van der Waals surface area contributed by atoms with E-state index in [1.165, 1.54) is 34.9 Å². The zero-order chi connectivity index (χ0) is 22.5. The van der Waals surface area contributed by atoms with E-state index in [0.29, 0.717) is 30.1 Å². The quantitative estimate of drug-likeness (QED) is 0.623. The number of benzene rings is 2. The Balaban J connectivity index is 1.46. The molecule has 2 amide bonds. The number of rotatable bonds is 6. The second-order valence-electron chi connectivity index (χ2n) is 7.45. The van der Waals surface area contributed by atoms with Gasteiger partial charge in [-0.25, -0.2) is 4.39 Å². The van der Waals surface area contributed by atoms with Gasteiger partial charge in [0.15, 0.2) is 0 Å². The molecule has 8 heteroatoms. The Morgan fingerprint density at radius 3 is 2.47 bits per heavy atom. The Morgan fingerprint density at radius 2 is 1.78 bits per heavy atom. The minimum Gasteiger partial charge on any atom is -0.376 e. The van der Waals surface area contributed by atoms with Crippen LogP contribution in [0.2, 0.25) is 0 Å². The van der Waals surface area contributed by atoms with Crippen molar-refractivity contribution in [2.24, 2.45) is 0 Å². The lowest BCUT2D eigenvalue weighted by molar-refractivity contribution is 0.0856. The van der Waals surface area contributed by atoms with E-state index in [-0.39, 0.29) is 17.6 Å². The Bertz CT molecular complexity index is 1170. The first-order valence-electron chi connectivity index (χ1n) is 10.3. The number of nitrogens with one attached hydrogen (secondary N) is 2. The van der Waals surface area contributed by atoms with Crippen LogP contribution in [0.1, 0.15) is 33.6 Å². The van der Waals surface area contributed by atoms with Crippen molar-refractivity contribution < 1.29 is 18.7 Å². The molecule has 2 aromatic carbocycles. The fourth-order valence-corrected chi connectivity index (χ4v) is 3.49. The molecule has 0 saturated carbocycles. The predicted octanol–water partition coefficient (Wildman–Crippen LogP) is 3.14. The molecule has 7 nitrogen and oxygen atoms in total. The van der Waals surface area contributed by atoms with E-state index >= 15 is 0 Å². The van der Waals surface area contributed by atoms with Crippen LogP contribution in [0.3, 0.4) is 0 Å². The monoisotopic (exact) mass is 435 g/mol. The summed E-state index contributed by atoms with van der Waals surface area (Å²) in [6, 6.07) is 15.0. The Labute approximate surface area is 183 Å². The summed E-state index contributed by atoms with van der Waals surface area (Å²) in [6.07, 6.45) is 3.43. The predicted molar refractivity (Wildman–Crippen MR) is 118 cm³/mol. The average Bonchev–Trinajstić information content (AvgIpc) is 3.32. The van der Waals surface area contributed by atoms with Crippen LogP contribution >= 0.6 is 0 Å². The molecule has 3 aromatic rings. The lowest BCUT2D eigenvalue weighted by atomic mass is 10.2. The second-order valence-corrected chi connectivity index (χ2v) is 7.45. The van der Waals surface area contributed by atoms with E-state index in [0.717, 1.165) is 12.8 Å². The maximum atomic E-state index is 13.0. The average molecular weight is 435 g/mol. The third-order valence-electron chi connectivity index (χ3n) is 5.22. The van der Waals surface area contributed by atoms with Gasteiger partial charge in [0.05, 0.1) is 6.10 Å². The summed E-state index contributed by atoms with van der Waals surface area (Å²) in [5.74, 6) is -1.23. The van der Waals surface area contributed by atoms with Crippen LogP contribution in [0.15, 0.2) is 71.7 Å². The van der Waals surface area contributed by atoms with E-state index in [1.54, 1.807) is 36.5 Å². The van der Waals surface area contributed by atoms with Crippen LogP contribution in [0.4, 0.5) is 10.1 Å². The molecule has 1 aliphatic rings. The molecule has 1 aliphatic heterocycles. The van der Waals surface area contributed by atoms with Gasteiger partial charge in [-0.2, -0.15) is 0 Å². The fraction of sp³-hybridized carbons (Fsp3) is 0.208. The van der Waals surface area contributed by atoms with Crippen LogP contribution < -0.4 is 16.2 Å². The van der Waals surface area contributed by atoms with Gasteiger partial charge >= 0.3 is 0 Å². The summed E-state index contributed by atoms with van der Waals surface area (Å²) in [6.45, 7) is 1.06. The van der Waals surface area contributed by atoms with Gasteiger partial charge in [-0.15, -0.1) is 0 Å². The fourth-order valence-electron chi connectivity index (χ4n) is 3.49. The smallest absolute Gasteiger partial charge is 0.267 e. The van der Waals surface area contributed by atoms with Gasteiger partial charge in [-0.05, 0) is 73.5 Å². The zero-order valence-electron chi connectivity index (χ0n) is 17.2. The molecule has 0 bridgehead atoms. The van der Waals surface area contributed by atoms with Crippen molar-refractivity contribution >= 4 is 17.5 Å². The first-order chi connectivity index (χ1) is 15.5.